The van der Waals surface area contributed by atoms with Crippen molar-refractivity contribution < 1.29 is 14.3 Å². The van der Waals surface area contributed by atoms with Crippen molar-refractivity contribution in [2.24, 2.45) is 17.3 Å². The Bertz CT molecular complexity index is 985. The summed E-state index contributed by atoms with van der Waals surface area (Å²) in [5.41, 5.74) is 3.10. The van der Waals surface area contributed by atoms with Crippen molar-refractivity contribution in [2.45, 2.75) is 52.5 Å². The van der Waals surface area contributed by atoms with Crippen molar-refractivity contribution in [3.8, 4) is 11.1 Å². The molecule has 0 radical (unpaired) electrons. The Morgan fingerprint density at radius 3 is 2.87 bits per heavy atom. The maximum absolute atomic E-state index is 12.6. The van der Waals surface area contributed by atoms with Gasteiger partial charge >= 0.3 is 5.97 Å². The summed E-state index contributed by atoms with van der Waals surface area (Å²) in [4.78, 5) is 28.8. The zero-order chi connectivity index (χ0) is 21.5. The molecule has 30 heavy (non-hydrogen) atoms. The summed E-state index contributed by atoms with van der Waals surface area (Å²) in [5.74, 6) is -0.129. The van der Waals surface area contributed by atoms with Gasteiger partial charge in [-0.05, 0) is 36.7 Å². The van der Waals surface area contributed by atoms with Crippen molar-refractivity contribution in [3.05, 3.63) is 29.2 Å². The van der Waals surface area contributed by atoms with Crippen LogP contribution < -0.4 is 5.32 Å². The van der Waals surface area contributed by atoms with Crippen molar-refractivity contribution in [2.75, 3.05) is 12.4 Å². The fraction of sp³-hybridized carbons (Fsp3) is 0.545. The molecule has 1 saturated carbocycles. The number of amides is 1. The molecule has 1 fully saturated rings. The van der Waals surface area contributed by atoms with Crippen LogP contribution in [-0.2, 0) is 27.3 Å². The van der Waals surface area contributed by atoms with E-state index in [4.69, 9.17) is 16.3 Å². The third-order valence-corrected chi connectivity index (χ3v) is 6.50. The Morgan fingerprint density at radius 2 is 2.10 bits per heavy atom. The van der Waals surface area contributed by atoms with Gasteiger partial charge in [-0.3, -0.25) is 14.3 Å². The molecule has 160 valence electrons. The van der Waals surface area contributed by atoms with E-state index in [-0.39, 0.29) is 35.5 Å². The van der Waals surface area contributed by atoms with Crippen LogP contribution in [0.4, 0.5) is 5.82 Å². The molecule has 2 atom stereocenters. The summed E-state index contributed by atoms with van der Waals surface area (Å²) in [7, 11) is 1.39. The third kappa shape index (κ3) is 4.08. The standard InChI is InChI=1S/C22H27ClN4O3/c1-22(2)9-18-16(10-25-27(18)12-22)15-8-19(24-11-17(15)23)26-20(28)7-13-5-4-6-14(13)21(29)30-3/h8,10-11,13-14H,4-7,9,12H2,1-3H3,(H,24,26,28). The normalized spacial score (nSPS) is 22.0. The number of carbonyl (C=O) groups excluding carboxylic acids is 2. The number of pyridine rings is 1. The monoisotopic (exact) mass is 430 g/mol. The molecule has 2 aromatic heterocycles. The maximum Gasteiger partial charge on any atom is 0.308 e. The lowest BCUT2D eigenvalue weighted by Crippen LogP contribution is -2.25. The minimum atomic E-state index is -0.227. The van der Waals surface area contributed by atoms with Gasteiger partial charge in [-0.15, -0.1) is 0 Å². The highest BCUT2D eigenvalue weighted by atomic mass is 35.5. The molecular weight excluding hydrogens is 404 g/mol. The molecule has 0 bridgehead atoms. The quantitative estimate of drug-likeness (QED) is 0.721. The number of carbonyl (C=O) groups is 2. The summed E-state index contributed by atoms with van der Waals surface area (Å²) in [6.07, 6.45) is 7.14. The Morgan fingerprint density at radius 1 is 1.30 bits per heavy atom. The molecule has 4 rings (SSSR count). The van der Waals surface area contributed by atoms with Gasteiger partial charge in [0.15, 0.2) is 0 Å². The summed E-state index contributed by atoms with van der Waals surface area (Å²) in [6.45, 7) is 5.31. The molecule has 2 aliphatic rings. The number of hydrogen-bond donors (Lipinski definition) is 1. The fourth-order valence-electron chi connectivity index (χ4n) is 4.76. The summed E-state index contributed by atoms with van der Waals surface area (Å²) in [5, 5.41) is 7.90. The van der Waals surface area contributed by atoms with E-state index in [0.717, 1.165) is 49.0 Å². The van der Waals surface area contributed by atoms with Crippen molar-refractivity contribution in [3.63, 3.8) is 0 Å². The number of nitrogens with one attached hydrogen (secondary N) is 1. The van der Waals surface area contributed by atoms with Gasteiger partial charge < -0.3 is 10.1 Å². The second-order valence-corrected chi connectivity index (χ2v) is 9.53. The van der Waals surface area contributed by atoms with Gasteiger partial charge in [-0.25, -0.2) is 4.98 Å². The zero-order valence-corrected chi connectivity index (χ0v) is 18.3. The Kier molecular flexibility index (Phi) is 5.57. The van der Waals surface area contributed by atoms with Crippen LogP contribution in [0, 0.1) is 17.3 Å². The van der Waals surface area contributed by atoms with Gasteiger partial charge in [-0.2, -0.15) is 5.10 Å². The molecule has 2 unspecified atom stereocenters. The van der Waals surface area contributed by atoms with Crippen molar-refractivity contribution in [1.82, 2.24) is 14.8 Å². The SMILES string of the molecule is COC(=O)C1CCCC1CC(=O)Nc1cc(-c2cnn3c2CC(C)(C)C3)c(Cl)cn1. The second kappa shape index (κ2) is 8.02. The van der Waals surface area contributed by atoms with Crippen LogP contribution in [0.25, 0.3) is 11.1 Å². The van der Waals surface area contributed by atoms with E-state index in [1.165, 1.54) is 7.11 Å². The highest BCUT2D eigenvalue weighted by Crippen LogP contribution is 2.39. The second-order valence-electron chi connectivity index (χ2n) is 9.13. The molecule has 0 spiro atoms. The molecule has 0 saturated heterocycles. The van der Waals surface area contributed by atoms with Crippen LogP contribution in [-0.4, -0.2) is 33.8 Å². The van der Waals surface area contributed by atoms with E-state index < -0.39 is 0 Å². The molecule has 8 heteroatoms. The lowest BCUT2D eigenvalue weighted by Gasteiger charge is -2.17. The summed E-state index contributed by atoms with van der Waals surface area (Å²) in [6, 6.07) is 1.80. The molecule has 1 aliphatic heterocycles. The van der Waals surface area contributed by atoms with Gasteiger partial charge in [-0.1, -0.05) is 31.9 Å². The molecule has 1 amide bonds. The van der Waals surface area contributed by atoms with E-state index >= 15 is 0 Å². The molecular formula is C22H27ClN4O3. The van der Waals surface area contributed by atoms with E-state index in [9.17, 15) is 9.59 Å². The molecule has 0 aromatic carbocycles. The van der Waals surface area contributed by atoms with Crippen molar-refractivity contribution in [1.29, 1.82) is 0 Å². The molecule has 1 N–H and O–H groups in total. The van der Waals surface area contributed by atoms with Gasteiger partial charge in [0.25, 0.3) is 0 Å². The zero-order valence-electron chi connectivity index (χ0n) is 17.6. The number of rotatable bonds is 5. The average Bonchev–Trinajstić information content (AvgIpc) is 3.36. The number of fused-ring (bicyclic) bond motifs is 1. The first kappa shape index (κ1) is 20.8. The number of anilines is 1. The van der Waals surface area contributed by atoms with E-state index in [1.807, 2.05) is 10.9 Å². The minimum absolute atomic E-state index is 0.00500. The van der Waals surface area contributed by atoms with Gasteiger partial charge in [0.1, 0.15) is 5.82 Å². The number of esters is 1. The predicted octanol–water partition coefficient (Wildman–Crippen LogP) is 4.10. The van der Waals surface area contributed by atoms with E-state index in [2.05, 4.69) is 29.2 Å². The Balaban J connectivity index is 1.50. The van der Waals surface area contributed by atoms with E-state index in [1.54, 1.807) is 12.3 Å². The number of halogens is 1. The van der Waals surface area contributed by atoms with Crippen LogP contribution in [0.1, 0.15) is 45.2 Å². The number of nitrogens with zero attached hydrogens (tertiary/aromatic N) is 3. The molecule has 1 aliphatic carbocycles. The topological polar surface area (TPSA) is 86.1 Å². The highest BCUT2D eigenvalue weighted by Gasteiger charge is 2.35. The Labute approximate surface area is 181 Å². The number of aromatic nitrogens is 3. The molecule has 3 heterocycles. The van der Waals surface area contributed by atoms with Crippen LogP contribution in [0.5, 0.6) is 0 Å². The summed E-state index contributed by atoms with van der Waals surface area (Å²) >= 11 is 6.44. The van der Waals surface area contributed by atoms with E-state index in [0.29, 0.717) is 10.8 Å². The number of methoxy groups -OCH3 is 1. The number of hydrogen-bond acceptors (Lipinski definition) is 5. The van der Waals surface area contributed by atoms with Crippen LogP contribution in [0.2, 0.25) is 5.02 Å². The predicted molar refractivity (Wildman–Crippen MR) is 114 cm³/mol. The lowest BCUT2D eigenvalue weighted by atomic mass is 9.89. The minimum Gasteiger partial charge on any atom is -0.469 e. The first-order valence-corrected chi connectivity index (χ1v) is 10.7. The molecule has 2 aromatic rings. The van der Waals surface area contributed by atoms with Crippen LogP contribution in [0.3, 0.4) is 0 Å². The smallest absolute Gasteiger partial charge is 0.308 e. The average molecular weight is 431 g/mol. The fourth-order valence-corrected chi connectivity index (χ4v) is 4.97. The third-order valence-electron chi connectivity index (χ3n) is 6.20. The highest BCUT2D eigenvalue weighted by molar-refractivity contribution is 6.33. The van der Waals surface area contributed by atoms with Crippen LogP contribution in [0.15, 0.2) is 18.5 Å². The first-order valence-electron chi connectivity index (χ1n) is 10.4. The van der Waals surface area contributed by atoms with Gasteiger partial charge in [0.05, 0.1) is 24.2 Å². The van der Waals surface area contributed by atoms with Gasteiger partial charge in [0.2, 0.25) is 5.91 Å². The van der Waals surface area contributed by atoms with Crippen molar-refractivity contribution >= 4 is 29.3 Å². The maximum atomic E-state index is 12.6. The first-order chi connectivity index (χ1) is 14.3. The largest absolute Gasteiger partial charge is 0.469 e. The lowest BCUT2D eigenvalue weighted by molar-refractivity contribution is -0.146. The van der Waals surface area contributed by atoms with Gasteiger partial charge in [0, 0.05) is 36.0 Å². The molecule has 7 nitrogen and oxygen atoms in total. The summed E-state index contributed by atoms with van der Waals surface area (Å²) < 4.78 is 6.91. The van der Waals surface area contributed by atoms with Crippen LogP contribution >= 0.6 is 11.6 Å². The Hall–Kier alpha value is -2.41. The number of ether oxygens (including phenoxy) is 1.